The fraction of sp³-hybridized carbons (Fsp3) is 0.200. The van der Waals surface area contributed by atoms with Crippen molar-refractivity contribution >= 4 is 33.3 Å². The molecule has 0 aromatic heterocycles. The van der Waals surface area contributed by atoms with E-state index in [0.29, 0.717) is 41.9 Å². The van der Waals surface area contributed by atoms with Crippen LogP contribution in [-0.2, 0) is 21.2 Å². The molecule has 3 aromatic carbocycles. The zero-order chi connectivity index (χ0) is 24.3. The maximum Gasteiger partial charge on any atom is 0.338 e. The van der Waals surface area contributed by atoms with Crippen LogP contribution >= 0.6 is 0 Å². The molecule has 1 amide bonds. The highest BCUT2D eigenvalue weighted by molar-refractivity contribution is 7.92. The first-order valence-corrected chi connectivity index (χ1v) is 12.3. The number of anilines is 2. The van der Waals surface area contributed by atoms with Crippen molar-refractivity contribution < 1.29 is 27.1 Å². The SMILES string of the molecule is CCOC(=O)c1ccc(NS(=O)(=O)c2ccc3c(c2)CCCN3C(=O)c2ccc(F)cc2)cc1. The van der Waals surface area contributed by atoms with Crippen LogP contribution in [0.25, 0.3) is 0 Å². The largest absolute Gasteiger partial charge is 0.462 e. The number of ether oxygens (including phenoxy) is 1. The van der Waals surface area contributed by atoms with E-state index >= 15 is 0 Å². The van der Waals surface area contributed by atoms with E-state index in [1.165, 1.54) is 54.6 Å². The van der Waals surface area contributed by atoms with Crippen LogP contribution in [0.15, 0.2) is 71.6 Å². The number of halogens is 1. The number of carbonyl (C=O) groups is 2. The van der Waals surface area contributed by atoms with E-state index < -0.39 is 21.8 Å². The molecule has 1 heterocycles. The fourth-order valence-electron chi connectivity index (χ4n) is 3.80. The van der Waals surface area contributed by atoms with Crippen LogP contribution < -0.4 is 9.62 Å². The van der Waals surface area contributed by atoms with Gasteiger partial charge in [0.2, 0.25) is 0 Å². The van der Waals surface area contributed by atoms with Crippen LogP contribution in [0.2, 0.25) is 0 Å². The molecule has 0 aliphatic carbocycles. The zero-order valence-electron chi connectivity index (χ0n) is 18.5. The van der Waals surface area contributed by atoms with E-state index in [4.69, 9.17) is 4.74 Å². The van der Waals surface area contributed by atoms with Crippen molar-refractivity contribution in [3.05, 3.63) is 89.2 Å². The molecule has 7 nitrogen and oxygen atoms in total. The Morgan fingerprint density at radius 2 is 1.68 bits per heavy atom. The summed E-state index contributed by atoms with van der Waals surface area (Å²) in [5.41, 5.74) is 2.36. The third-order valence-corrected chi connectivity index (χ3v) is 6.84. The number of aryl methyl sites for hydroxylation is 1. The number of hydrogen-bond acceptors (Lipinski definition) is 5. The van der Waals surface area contributed by atoms with E-state index in [2.05, 4.69) is 4.72 Å². The Labute approximate surface area is 197 Å². The molecule has 1 aliphatic rings. The van der Waals surface area contributed by atoms with Crippen molar-refractivity contribution in [2.45, 2.75) is 24.7 Å². The van der Waals surface area contributed by atoms with Gasteiger partial charge in [0.25, 0.3) is 15.9 Å². The minimum absolute atomic E-state index is 0.0665. The average Bonchev–Trinajstić information content (AvgIpc) is 2.83. The molecule has 4 rings (SSSR count). The molecular weight excluding hydrogens is 459 g/mol. The molecule has 1 N–H and O–H groups in total. The standard InChI is InChI=1S/C25H23FN2O5S/c1-2-33-25(30)18-7-11-21(12-8-18)27-34(31,32)22-13-14-23-19(16-22)4-3-15-28(23)24(29)17-5-9-20(26)10-6-17/h5-14,16,27H,2-4,15H2,1H3. The normalized spacial score (nSPS) is 13.2. The van der Waals surface area contributed by atoms with Gasteiger partial charge in [-0.25, -0.2) is 17.6 Å². The predicted molar refractivity (Wildman–Crippen MR) is 126 cm³/mol. The second-order valence-corrected chi connectivity index (χ2v) is 9.44. The molecule has 0 atom stereocenters. The Kier molecular flexibility index (Phi) is 6.65. The first-order chi connectivity index (χ1) is 16.3. The van der Waals surface area contributed by atoms with E-state index in [-0.39, 0.29) is 17.4 Å². The van der Waals surface area contributed by atoms with Crippen LogP contribution in [-0.4, -0.2) is 33.4 Å². The zero-order valence-corrected chi connectivity index (χ0v) is 19.3. The number of nitrogens with one attached hydrogen (secondary N) is 1. The molecular formula is C25H23FN2O5S. The quantitative estimate of drug-likeness (QED) is 0.526. The number of amides is 1. The number of nitrogens with zero attached hydrogens (tertiary/aromatic N) is 1. The fourth-order valence-corrected chi connectivity index (χ4v) is 4.91. The van der Waals surface area contributed by atoms with Crippen LogP contribution in [0.3, 0.4) is 0 Å². The third kappa shape index (κ3) is 4.94. The molecule has 9 heteroatoms. The van der Waals surface area contributed by atoms with Gasteiger partial charge in [-0.15, -0.1) is 0 Å². The van der Waals surface area contributed by atoms with E-state index in [0.717, 1.165) is 5.56 Å². The predicted octanol–water partition coefficient (Wildman–Crippen LogP) is 4.40. The molecule has 0 spiro atoms. The Balaban J connectivity index is 1.55. The summed E-state index contributed by atoms with van der Waals surface area (Å²) in [6, 6.07) is 15.9. The summed E-state index contributed by atoms with van der Waals surface area (Å²) in [7, 11) is -3.90. The summed E-state index contributed by atoms with van der Waals surface area (Å²) in [6.07, 6.45) is 1.30. The van der Waals surface area contributed by atoms with Gasteiger partial charge < -0.3 is 9.64 Å². The summed E-state index contributed by atoms with van der Waals surface area (Å²) < 4.78 is 46.6. The van der Waals surface area contributed by atoms with Crippen LogP contribution in [0.4, 0.5) is 15.8 Å². The van der Waals surface area contributed by atoms with Gasteiger partial charge in [-0.1, -0.05) is 0 Å². The lowest BCUT2D eigenvalue weighted by molar-refractivity contribution is 0.0526. The van der Waals surface area contributed by atoms with Gasteiger partial charge in [0.05, 0.1) is 17.1 Å². The van der Waals surface area contributed by atoms with Crippen molar-refractivity contribution in [3.63, 3.8) is 0 Å². The van der Waals surface area contributed by atoms with Gasteiger partial charge in [0.15, 0.2) is 0 Å². The van der Waals surface area contributed by atoms with Gasteiger partial charge in [-0.05, 0) is 92.1 Å². The Bertz CT molecular complexity index is 1320. The molecule has 0 saturated carbocycles. The molecule has 0 radical (unpaired) electrons. The molecule has 0 saturated heterocycles. The minimum Gasteiger partial charge on any atom is -0.462 e. The van der Waals surface area contributed by atoms with Crippen LogP contribution in [0, 0.1) is 5.82 Å². The minimum atomic E-state index is -3.90. The Morgan fingerprint density at radius 3 is 2.35 bits per heavy atom. The number of carbonyl (C=O) groups excluding carboxylic acids is 2. The summed E-state index contributed by atoms with van der Waals surface area (Å²) in [4.78, 5) is 26.4. The van der Waals surface area contributed by atoms with Gasteiger partial charge in [0.1, 0.15) is 5.82 Å². The first kappa shape index (κ1) is 23.4. The van der Waals surface area contributed by atoms with Gasteiger partial charge in [-0.3, -0.25) is 9.52 Å². The van der Waals surface area contributed by atoms with Crippen LogP contribution in [0.1, 0.15) is 39.6 Å². The third-order valence-electron chi connectivity index (χ3n) is 5.46. The highest BCUT2D eigenvalue weighted by Gasteiger charge is 2.26. The highest BCUT2D eigenvalue weighted by Crippen LogP contribution is 2.31. The number of benzene rings is 3. The maximum absolute atomic E-state index is 13.2. The molecule has 0 bridgehead atoms. The average molecular weight is 483 g/mol. The summed E-state index contributed by atoms with van der Waals surface area (Å²) >= 11 is 0. The van der Waals surface area contributed by atoms with Gasteiger partial charge in [0, 0.05) is 23.5 Å². The number of rotatable bonds is 6. The molecule has 3 aromatic rings. The number of sulfonamides is 1. The number of esters is 1. The highest BCUT2D eigenvalue weighted by atomic mass is 32.2. The lowest BCUT2D eigenvalue weighted by Gasteiger charge is -2.30. The molecule has 1 aliphatic heterocycles. The lowest BCUT2D eigenvalue weighted by Crippen LogP contribution is -2.35. The smallest absolute Gasteiger partial charge is 0.338 e. The van der Waals surface area contributed by atoms with Gasteiger partial charge >= 0.3 is 5.97 Å². The summed E-state index contributed by atoms with van der Waals surface area (Å²) in [6.45, 7) is 2.44. The number of hydrogen-bond donors (Lipinski definition) is 1. The lowest BCUT2D eigenvalue weighted by atomic mass is 10.0. The summed E-state index contributed by atoms with van der Waals surface area (Å²) in [5, 5.41) is 0. The summed E-state index contributed by atoms with van der Waals surface area (Å²) in [5.74, 6) is -1.17. The van der Waals surface area contributed by atoms with E-state index in [1.54, 1.807) is 24.0 Å². The van der Waals surface area contributed by atoms with Crippen molar-refractivity contribution in [1.82, 2.24) is 0 Å². The topological polar surface area (TPSA) is 92.8 Å². The Morgan fingerprint density at radius 1 is 1.00 bits per heavy atom. The van der Waals surface area contributed by atoms with Crippen LogP contribution in [0.5, 0.6) is 0 Å². The molecule has 0 unspecified atom stereocenters. The maximum atomic E-state index is 13.2. The monoisotopic (exact) mass is 482 g/mol. The van der Waals surface area contributed by atoms with Gasteiger partial charge in [-0.2, -0.15) is 0 Å². The molecule has 0 fully saturated rings. The van der Waals surface area contributed by atoms with Crippen molar-refractivity contribution in [2.24, 2.45) is 0 Å². The van der Waals surface area contributed by atoms with Crippen molar-refractivity contribution in [3.8, 4) is 0 Å². The molecule has 34 heavy (non-hydrogen) atoms. The van der Waals surface area contributed by atoms with Crippen molar-refractivity contribution in [2.75, 3.05) is 22.8 Å². The first-order valence-electron chi connectivity index (χ1n) is 10.8. The van der Waals surface area contributed by atoms with E-state index in [1.807, 2.05) is 0 Å². The van der Waals surface area contributed by atoms with E-state index in [9.17, 15) is 22.4 Å². The van der Waals surface area contributed by atoms with Crippen molar-refractivity contribution in [1.29, 1.82) is 0 Å². The second kappa shape index (κ2) is 9.64. The second-order valence-electron chi connectivity index (χ2n) is 7.76. The molecule has 176 valence electrons. The Hall–Kier alpha value is -3.72. The number of fused-ring (bicyclic) bond motifs is 1.